The highest BCUT2D eigenvalue weighted by Gasteiger charge is 2.38. The van der Waals surface area contributed by atoms with Crippen LogP contribution in [0, 0.1) is 10.1 Å². The van der Waals surface area contributed by atoms with Crippen LogP contribution >= 0.6 is 0 Å². The van der Waals surface area contributed by atoms with E-state index in [1.807, 2.05) is 0 Å². The summed E-state index contributed by atoms with van der Waals surface area (Å²) in [6.45, 7) is 0.0112. The molecule has 1 aromatic rings. The van der Waals surface area contributed by atoms with Gasteiger partial charge in [-0.2, -0.15) is 13.2 Å². The molecule has 0 heterocycles. The van der Waals surface area contributed by atoms with E-state index < -0.39 is 34.4 Å². The Bertz CT molecular complexity index is 618. The van der Waals surface area contributed by atoms with Crippen LogP contribution in [0.5, 0.6) is 0 Å². The van der Waals surface area contributed by atoms with Crippen molar-refractivity contribution >= 4 is 23.4 Å². The van der Waals surface area contributed by atoms with Crippen LogP contribution in [0.2, 0.25) is 0 Å². The molecule has 0 unspecified atom stereocenters. The zero-order chi connectivity index (χ0) is 17.6. The Hall–Kier alpha value is -2.85. The van der Waals surface area contributed by atoms with Crippen molar-refractivity contribution < 1.29 is 32.8 Å². The van der Waals surface area contributed by atoms with Crippen molar-refractivity contribution in [1.29, 1.82) is 0 Å². The Morgan fingerprint density at radius 3 is 2.48 bits per heavy atom. The number of nitro groups is 1. The number of anilines is 1. The first kappa shape index (κ1) is 18.2. The van der Waals surface area contributed by atoms with Crippen LogP contribution in [0.1, 0.15) is 18.4 Å². The summed E-state index contributed by atoms with van der Waals surface area (Å²) in [7, 11) is 0. The smallest absolute Gasteiger partial charge is 0.423 e. The van der Waals surface area contributed by atoms with E-state index in [1.54, 1.807) is 0 Å². The van der Waals surface area contributed by atoms with Crippen molar-refractivity contribution in [3.63, 3.8) is 0 Å². The molecule has 0 atom stereocenters. The van der Waals surface area contributed by atoms with E-state index in [2.05, 4.69) is 10.6 Å². The van der Waals surface area contributed by atoms with Crippen LogP contribution < -0.4 is 10.6 Å². The van der Waals surface area contributed by atoms with Gasteiger partial charge in [0.05, 0.1) is 4.92 Å². The summed E-state index contributed by atoms with van der Waals surface area (Å²) in [5.41, 5.74) is -2.88. The summed E-state index contributed by atoms with van der Waals surface area (Å²) in [6.07, 6.45) is -4.97. The van der Waals surface area contributed by atoms with Crippen LogP contribution in [0.4, 0.5) is 29.3 Å². The van der Waals surface area contributed by atoms with Crippen LogP contribution in [0.3, 0.4) is 0 Å². The molecule has 0 aliphatic rings. The van der Waals surface area contributed by atoms with E-state index in [4.69, 9.17) is 5.11 Å². The van der Waals surface area contributed by atoms with Gasteiger partial charge in [0, 0.05) is 24.7 Å². The van der Waals surface area contributed by atoms with Gasteiger partial charge in [-0.1, -0.05) is 0 Å². The van der Waals surface area contributed by atoms with Crippen molar-refractivity contribution in [2.24, 2.45) is 0 Å². The first-order valence-electron chi connectivity index (χ1n) is 6.23. The van der Waals surface area contributed by atoms with E-state index in [0.717, 1.165) is 6.07 Å². The summed E-state index contributed by atoms with van der Waals surface area (Å²) in [5.74, 6) is -1.04. The molecule has 23 heavy (non-hydrogen) atoms. The van der Waals surface area contributed by atoms with E-state index in [-0.39, 0.29) is 25.1 Å². The first-order chi connectivity index (χ1) is 10.6. The van der Waals surface area contributed by atoms with Gasteiger partial charge < -0.3 is 15.7 Å². The maximum absolute atomic E-state index is 12.8. The van der Waals surface area contributed by atoms with Gasteiger partial charge in [-0.25, -0.2) is 4.79 Å². The van der Waals surface area contributed by atoms with Crippen LogP contribution in [0.25, 0.3) is 0 Å². The van der Waals surface area contributed by atoms with Crippen LogP contribution in [-0.4, -0.2) is 28.6 Å². The van der Waals surface area contributed by atoms with Gasteiger partial charge >= 0.3 is 18.2 Å². The molecule has 0 aliphatic heterocycles. The minimum atomic E-state index is -4.95. The van der Waals surface area contributed by atoms with Crippen molar-refractivity contribution in [2.75, 3.05) is 11.9 Å². The molecule has 0 bridgehead atoms. The van der Waals surface area contributed by atoms with Gasteiger partial charge in [0.1, 0.15) is 5.56 Å². The molecule has 0 aliphatic carbocycles. The lowest BCUT2D eigenvalue weighted by atomic mass is 10.1. The number of rotatable bonds is 6. The fourth-order valence-corrected chi connectivity index (χ4v) is 1.62. The number of carbonyl (C=O) groups is 2. The van der Waals surface area contributed by atoms with Gasteiger partial charge in [0.25, 0.3) is 5.69 Å². The number of amides is 2. The molecule has 0 fully saturated rings. The van der Waals surface area contributed by atoms with Gasteiger partial charge in [0.15, 0.2) is 0 Å². The standard InChI is InChI=1S/C12H12F3N3O5/c13-12(14,15)8-6-7(3-4-9(8)18(22)23)17-11(21)16-5-1-2-10(19)20/h3-4,6H,1-2,5H2,(H,19,20)(H2,16,17,21). The lowest BCUT2D eigenvalue weighted by Crippen LogP contribution is -2.30. The predicted molar refractivity (Wildman–Crippen MR) is 72.0 cm³/mol. The molecule has 2 amide bonds. The molecule has 8 nitrogen and oxygen atoms in total. The summed E-state index contributed by atoms with van der Waals surface area (Å²) in [6, 6.07) is 1.21. The third kappa shape index (κ3) is 5.80. The molecule has 0 saturated carbocycles. The molecule has 0 saturated heterocycles. The Balaban J connectivity index is 2.76. The molecule has 1 aromatic carbocycles. The number of nitrogens with zero attached hydrogens (tertiary/aromatic N) is 1. The second-order valence-corrected chi connectivity index (χ2v) is 4.36. The van der Waals surface area contributed by atoms with E-state index >= 15 is 0 Å². The maximum Gasteiger partial charge on any atom is 0.423 e. The first-order valence-corrected chi connectivity index (χ1v) is 6.23. The minimum absolute atomic E-state index is 0.0112. The highest BCUT2D eigenvalue weighted by molar-refractivity contribution is 5.89. The number of carboxylic acid groups (broad SMARTS) is 1. The molecule has 0 radical (unpaired) electrons. The fraction of sp³-hybridized carbons (Fsp3) is 0.333. The largest absolute Gasteiger partial charge is 0.481 e. The maximum atomic E-state index is 12.8. The molecule has 0 aromatic heterocycles. The van der Waals surface area contributed by atoms with Crippen molar-refractivity contribution in [2.45, 2.75) is 19.0 Å². The number of nitro benzene ring substituents is 1. The Morgan fingerprint density at radius 2 is 1.96 bits per heavy atom. The predicted octanol–water partition coefficient (Wildman–Crippen LogP) is 2.60. The quantitative estimate of drug-likeness (QED) is 0.419. The summed E-state index contributed by atoms with van der Waals surface area (Å²) < 4.78 is 38.3. The number of alkyl halides is 3. The topological polar surface area (TPSA) is 122 Å². The fourth-order valence-electron chi connectivity index (χ4n) is 1.62. The second kappa shape index (κ2) is 7.42. The highest BCUT2D eigenvalue weighted by Crippen LogP contribution is 2.37. The zero-order valence-electron chi connectivity index (χ0n) is 11.5. The second-order valence-electron chi connectivity index (χ2n) is 4.36. The average molecular weight is 335 g/mol. The van der Waals surface area contributed by atoms with Gasteiger partial charge in [-0.3, -0.25) is 14.9 Å². The lowest BCUT2D eigenvalue weighted by Gasteiger charge is -2.11. The molecule has 126 valence electrons. The normalized spacial score (nSPS) is 10.9. The monoisotopic (exact) mass is 335 g/mol. The molecule has 11 heteroatoms. The number of hydrogen-bond donors (Lipinski definition) is 3. The minimum Gasteiger partial charge on any atom is -0.481 e. The summed E-state index contributed by atoms with van der Waals surface area (Å²) in [5, 5.41) is 23.3. The molecular formula is C12H12F3N3O5. The number of hydrogen-bond acceptors (Lipinski definition) is 4. The van der Waals surface area contributed by atoms with Crippen LogP contribution in [0.15, 0.2) is 18.2 Å². The van der Waals surface area contributed by atoms with Gasteiger partial charge in [-0.05, 0) is 18.6 Å². The summed E-state index contributed by atoms with van der Waals surface area (Å²) >= 11 is 0. The number of carbonyl (C=O) groups excluding carboxylic acids is 1. The molecule has 0 spiro atoms. The van der Waals surface area contributed by atoms with Crippen molar-refractivity contribution in [3.05, 3.63) is 33.9 Å². The zero-order valence-corrected chi connectivity index (χ0v) is 11.5. The van der Waals surface area contributed by atoms with E-state index in [9.17, 15) is 32.9 Å². The molecule has 3 N–H and O–H groups in total. The molecular weight excluding hydrogens is 323 g/mol. The third-order valence-corrected chi connectivity index (χ3v) is 2.61. The number of urea groups is 1. The van der Waals surface area contributed by atoms with E-state index in [1.165, 1.54) is 0 Å². The van der Waals surface area contributed by atoms with Crippen molar-refractivity contribution in [3.8, 4) is 0 Å². The molecule has 1 rings (SSSR count). The van der Waals surface area contributed by atoms with Crippen molar-refractivity contribution in [1.82, 2.24) is 5.32 Å². The van der Waals surface area contributed by atoms with Crippen LogP contribution in [-0.2, 0) is 11.0 Å². The number of carboxylic acids is 1. The number of halogens is 3. The summed E-state index contributed by atoms with van der Waals surface area (Å²) in [4.78, 5) is 31.1. The van der Waals surface area contributed by atoms with Gasteiger partial charge in [-0.15, -0.1) is 0 Å². The van der Waals surface area contributed by atoms with Gasteiger partial charge in [0.2, 0.25) is 0 Å². The highest BCUT2D eigenvalue weighted by atomic mass is 19.4. The Morgan fingerprint density at radius 1 is 1.30 bits per heavy atom. The average Bonchev–Trinajstić information content (AvgIpc) is 2.42. The van der Waals surface area contributed by atoms with E-state index in [0.29, 0.717) is 12.1 Å². The lowest BCUT2D eigenvalue weighted by molar-refractivity contribution is -0.388. The SMILES string of the molecule is O=C(O)CCCNC(=O)Nc1ccc([N+](=O)[O-])c(C(F)(F)F)c1. The Labute approximate surface area is 127 Å². The number of benzene rings is 1. The number of aliphatic carboxylic acids is 1. The third-order valence-electron chi connectivity index (χ3n) is 2.61. The number of nitrogens with one attached hydrogen (secondary N) is 2. The Kier molecular flexibility index (Phi) is 5.87.